The lowest BCUT2D eigenvalue weighted by Crippen LogP contribution is -2.01. The molecule has 0 saturated heterocycles. The van der Waals surface area contributed by atoms with E-state index >= 15 is 0 Å². The lowest BCUT2D eigenvalue weighted by molar-refractivity contribution is 0.0691. The van der Waals surface area contributed by atoms with Crippen molar-refractivity contribution in [2.24, 2.45) is 0 Å². The molecule has 0 spiro atoms. The summed E-state index contributed by atoms with van der Waals surface area (Å²) in [4.78, 5) is 21.9. The van der Waals surface area contributed by atoms with Gasteiger partial charge in [0.2, 0.25) is 0 Å². The first kappa shape index (κ1) is 11.3. The molecule has 86 valence electrons. The lowest BCUT2D eigenvalue weighted by Gasteiger charge is -2.00. The second-order valence-electron chi connectivity index (χ2n) is 3.21. The van der Waals surface area contributed by atoms with Gasteiger partial charge < -0.3 is 10.2 Å². The molecule has 0 amide bonds. The molecule has 0 fully saturated rings. The zero-order valence-electron chi connectivity index (χ0n) is 8.45. The summed E-state index contributed by atoms with van der Waals surface area (Å²) in [5, 5.41) is 18.0. The molecule has 1 aromatic heterocycles. The van der Waals surface area contributed by atoms with Gasteiger partial charge >= 0.3 is 11.9 Å². The van der Waals surface area contributed by atoms with Crippen LogP contribution in [-0.4, -0.2) is 26.5 Å². The van der Waals surface area contributed by atoms with E-state index in [2.05, 4.69) is 4.37 Å². The Kier molecular flexibility index (Phi) is 2.88. The van der Waals surface area contributed by atoms with Crippen molar-refractivity contribution in [2.75, 3.05) is 0 Å². The van der Waals surface area contributed by atoms with E-state index in [4.69, 9.17) is 10.2 Å². The molecule has 2 aromatic rings. The number of benzene rings is 1. The van der Waals surface area contributed by atoms with E-state index in [0.717, 1.165) is 0 Å². The van der Waals surface area contributed by atoms with Crippen molar-refractivity contribution in [3.8, 4) is 11.1 Å². The quantitative estimate of drug-likeness (QED) is 0.870. The fourth-order valence-electron chi connectivity index (χ4n) is 1.45. The number of rotatable bonds is 3. The summed E-state index contributed by atoms with van der Waals surface area (Å²) < 4.78 is 3.67. The maximum atomic E-state index is 11.0. The lowest BCUT2D eigenvalue weighted by atomic mass is 10.0. The number of carboxylic acid groups (broad SMARTS) is 2. The molecule has 0 radical (unpaired) electrons. The zero-order chi connectivity index (χ0) is 12.4. The minimum atomic E-state index is -1.23. The molecule has 0 aliphatic rings. The topological polar surface area (TPSA) is 87.5 Å². The van der Waals surface area contributed by atoms with Crippen LogP contribution in [-0.2, 0) is 0 Å². The largest absolute Gasteiger partial charge is 0.477 e. The summed E-state index contributed by atoms with van der Waals surface area (Å²) in [6.07, 6.45) is 0. The molecule has 0 saturated carbocycles. The van der Waals surface area contributed by atoms with Gasteiger partial charge in [-0.15, -0.1) is 0 Å². The smallest absolute Gasteiger partial charge is 0.356 e. The van der Waals surface area contributed by atoms with Crippen molar-refractivity contribution in [1.82, 2.24) is 4.37 Å². The first-order chi connectivity index (χ1) is 8.11. The van der Waals surface area contributed by atoms with E-state index in [-0.39, 0.29) is 16.1 Å². The summed E-state index contributed by atoms with van der Waals surface area (Å²) >= 11 is 0.677. The summed E-state index contributed by atoms with van der Waals surface area (Å²) in [6, 6.07) is 8.50. The van der Waals surface area contributed by atoms with Crippen molar-refractivity contribution in [1.29, 1.82) is 0 Å². The van der Waals surface area contributed by atoms with Gasteiger partial charge in [-0.3, -0.25) is 0 Å². The Balaban J connectivity index is 2.69. The average Bonchev–Trinajstić information content (AvgIpc) is 2.74. The molecular weight excluding hydrogens is 242 g/mol. The average molecular weight is 249 g/mol. The van der Waals surface area contributed by atoms with Crippen LogP contribution in [0.5, 0.6) is 0 Å². The minimum absolute atomic E-state index is 0.0615. The van der Waals surface area contributed by atoms with Gasteiger partial charge in [-0.25, -0.2) is 9.59 Å². The number of carboxylic acids is 2. The van der Waals surface area contributed by atoms with E-state index in [9.17, 15) is 9.59 Å². The Hall–Kier alpha value is -2.21. The van der Waals surface area contributed by atoms with Crippen molar-refractivity contribution in [2.45, 2.75) is 0 Å². The summed E-state index contributed by atoms with van der Waals surface area (Å²) in [5.74, 6) is -2.40. The molecule has 1 heterocycles. The second-order valence-corrected chi connectivity index (χ2v) is 3.99. The fraction of sp³-hybridized carbons (Fsp3) is 0. The van der Waals surface area contributed by atoms with Crippen LogP contribution in [0.2, 0.25) is 0 Å². The highest BCUT2D eigenvalue weighted by molar-refractivity contribution is 7.08. The van der Waals surface area contributed by atoms with Crippen LogP contribution in [0, 0.1) is 0 Å². The van der Waals surface area contributed by atoms with Gasteiger partial charge in [0.05, 0.1) is 0 Å². The molecule has 0 bridgehead atoms. The Bertz CT molecular complexity index is 545. The maximum Gasteiger partial charge on any atom is 0.356 e. The fourth-order valence-corrected chi connectivity index (χ4v) is 2.19. The van der Waals surface area contributed by atoms with Crippen LogP contribution >= 0.6 is 11.5 Å². The van der Waals surface area contributed by atoms with Crippen molar-refractivity contribution >= 4 is 23.5 Å². The van der Waals surface area contributed by atoms with E-state index in [1.165, 1.54) is 0 Å². The third-order valence-electron chi connectivity index (χ3n) is 2.15. The van der Waals surface area contributed by atoms with Gasteiger partial charge in [-0.05, 0) is 17.1 Å². The van der Waals surface area contributed by atoms with Gasteiger partial charge in [0.1, 0.15) is 4.88 Å². The van der Waals surface area contributed by atoms with Gasteiger partial charge in [0.25, 0.3) is 0 Å². The van der Waals surface area contributed by atoms with Crippen molar-refractivity contribution < 1.29 is 19.8 Å². The predicted molar refractivity (Wildman–Crippen MR) is 61.5 cm³/mol. The zero-order valence-corrected chi connectivity index (χ0v) is 9.27. The number of carbonyl (C=O) groups is 2. The summed E-state index contributed by atoms with van der Waals surface area (Å²) in [5.41, 5.74) is 0.477. The van der Waals surface area contributed by atoms with E-state index in [0.29, 0.717) is 17.1 Å². The molecule has 2 rings (SSSR count). The van der Waals surface area contributed by atoms with E-state index in [1.54, 1.807) is 30.3 Å². The third-order valence-corrected chi connectivity index (χ3v) is 2.99. The van der Waals surface area contributed by atoms with Crippen LogP contribution in [0.1, 0.15) is 20.2 Å². The van der Waals surface area contributed by atoms with Crippen LogP contribution in [0.25, 0.3) is 11.1 Å². The van der Waals surface area contributed by atoms with Gasteiger partial charge in [0, 0.05) is 5.56 Å². The van der Waals surface area contributed by atoms with Crippen molar-refractivity contribution in [3.05, 3.63) is 40.9 Å². The third kappa shape index (κ3) is 2.02. The standard InChI is InChI=1S/C11H7NO4S/c13-10(14)8-7(6-4-2-1-3-5-6)9(11(15)16)17-12-8/h1-5H,(H,13,14)(H,15,16). The minimum Gasteiger partial charge on any atom is -0.477 e. The number of hydrogen-bond donors (Lipinski definition) is 2. The molecule has 0 aliphatic carbocycles. The van der Waals surface area contributed by atoms with Crippen LogP contribution in [0.3, 0.4) is 0 Å². The Morgan fingerprint density at radius 3 is 2.24 bits per heavy atom. The van der Waals surface area contributed by atoms with Crippen molar-refractivity contribution in [3.63, 3.8) is 0 Å². The predicted octanol–water partition coefficient (Wildman–Crippen LogP) is 2.21. The Morgan fingerprint density at radius 2 is 1.71 bits per heavy atom. The second kappa shape index (κ2) is 4.34. The highest BCUT2D eigenvalue weighted by Crippen LogP contribution is 2.30. The number of hydrogen-bond acceptors (Lipinski definition) is 4. The molecule has 0 unspecified atom stereocenters. The van der Waals surface area contributed by atoms with Gasteiger partial charge in [-0.2, -0.15) is 4.37 Å². The Morgan fingerprint density at radius 1 is 1.06 bits per heavy atom. The highest BCUT2D eigenvalue weighted by atomic mass is 32.1. The monoisotopic (exact) mass is 249 g/mol. The molecule has 1 aromatic carbocycles. The molecule has 17 heavy (non-hydrogen) atoms. The first-order valence-electron chi connectivity index (χ1n) is 4.63. The van der Waals surface area contributed by atoms with Crippen LogP contribution in [0.4, 0.5) is 0 Å². The number of aromatic nitrogens is 1. The van der Waals surface area contributed by atoms with E-state index < -0.39 is 11.9 Å². The van der Waals surface area contributed by atoms with Gasteiger partial charge in [-0.1, -0.05) is 30.3 Å². The number of aromatic carboxylic acids is 2. The molecule has 5 nitrogen and oxygen atoms in total. The number of nitrogens with zero attached hydrogens (tertiary/aromatic N) is 1. The molecule has 0 atom stereocenters. The first-order valence-corrected chi connectivity index (χ1v) is 5.40. The SMILES string of the molecule is O=C(O)c1nsc(C(=O)O)c1-c1ccccc1. The summed E-state index contributed by atoms with van der Waals surface area (Å²) in [6.45, 7) is 0. The molecule has 6 heteroatoms. The Labute approximate surface area is 100 Å². The van der Waals surface area contributed by atoms with E-state index in [1.807, 2.05) is 0 Å². The summed E-state index contributed by atoms with van der Waals surface area (Å²) in [7, 11) is 0. The maximum absolute atomic E-state index is 11.0. The van der Waals surface area contributed by atoms with Crippen LogP contribution in [0.15, 0.2) is 30.3 Å². The van der Waals surface area contributed by atoms with Gasteiger partial charge in [0.15, 0.2) is 5.69 Å². The highest BCUT2D eigenvalue weighted by Gasteiger charge is 2.24. The van der Waals surface area contributed by atoms with Crippen LogP contribution < -0.4 is 0 Å². The normalized spacial score (nSPS) is 10.1. The molecular formula is C11H7NO4S. The molecule has 0 aliphatic heterocycles. The molecule has 2 N–H and O–H groups in total.